The van der Waals surface area contributed by atoms with Crippen LogP contribution >= 0.6 is 11.3 Å². The maximum absolute atomic E-state index is 12.5. The zero-order valence-electron chi connectivity index (χ0n) is 17.7. The van der Waals surface area contributed by atoms with Crippen LogP contribution in [-0.4, -0.2) is 26.6 Å². The van der Waals surface area contributed by atoms with Gasteiger partial charge < -0.3 is 5.32 Å². The first-order chi connectivity index (χ1) is 14.9. The van der Waals surface area contributed by atoms with Gasteiger partial charge in [-0.15, -0.1) is 11.3 Å². The number of unbranched alkanes of at least 4 members (excludes halogenated alkanes) is 1. The van der Waals surface area contributed by atoms with Gasteiger partial charge in [0.1, 0.15) is 5.69 Å². The normalized spacial score (nSPS) is 11.7. The maximum atomic E-state index is 12.5. The molecule has 3 rings (SSSR count). The van der Waals surface area contributed by atoms with Crippen molar-refractivity contribution in [2.24, 2.45) is 0 Å². The largest absolute Gasteiger partial charge is 0.350 e. The van der Waals surface area contributed by atoms with Gasteiger partial charge in [-0.3, -0.25) is 19.7 Å². The monoisotopic (exact) mass is 439 g/mol. The van der Waals surface area contributed by atoms with Crippen molar-refractivity contribution in [3.8, 4) is 11.3 Å². The molecule has 0 saturated carbocycles. The van der Waals surface area contributed by atoms with Crippen molar-refractivity contribution >= 4 is 28.3 Å². The molecule has 162 valence electrons. The van der Waals surface area contributed by atoms with Crippen molar-refractivity contribution in [1.82, 2.24) is 20.1 Å². The Bertz CT molecular complexity index is 1120. The molecule has 0 fully saturated rings. The first kappa shape index (κ1) is 22.4. The third-order valence-corrected chi connectivity index (χ3v) is 5.43. The van der Waals surface area contributed by atoms with Crippen LogP contribution in [0.15, 0.2) is 46.6 Å². The summed E-state index contributed by atoms with van der Waals surface area (Å²) in [5, 5.41) is 12.1. The summed E-state index contributed by atoms with van der Waals surface area (Å²) in [6.07, 6.45) is 1.75. The van der Waals surface area contributed by atoms with E-state index < -0.39 is 5.91 Å². The van der Waals surface area contributed by atoms with Crippen LogP contribution in [0.2, 0.25) is 0 Å². The van der Waals surface area contributed by atoms with E-state index in [2.05, 4.69) is 20.7 Å². The van der Waals surface area contributed by atoms with Crippen LogP contribution < -0.4 is 16.2 Å². The van der Waals surface area contributed by atoms with Crippen molar-refractivity contribution < 1.29 is 9.59 Å². The van der Waals surface area contributed by atoms with Crippen molar-refractivity contribution in [2.75, 3.05) is 5.32 Å². The van der Waals surface area contributed by atoms with E-state index in [-0.39, 0.29) is 23.2 Å². The molecule has 1 aromatic carbocycles. The van der Waals surface area contributed by atoms with Crippen LogP contribution in [0.1, 0.15) is 55.7 Å². The molecule has 0 saturated heterocycles. The third-order valence-electron chi connectivity index (χ3n) is 4.67. The van der Waals surface area contributed by atoms with E-state index in [1.165, 1.54) is 35.1 Å². The number of thiazole rings is 1. The van der Waals surface area contributed by atoms with Gasteiger partial charge in [0.2, 0.25) is 5.91 Å². The predicted octanol–water partition coefficient (Wildman–Crippen LogP) is 3.62. The first-order valence-electron chi connectivity index (χ1n) is 10.1. The second-order valence-corrected chi connectivity index (χ2v) is 8.03. The lowest BCUT2D eigenvalue weighted by Gasteiger charge is -2.13. The lowest BCUT2D eigenvalue weighted by Crippen LogP contribution is -2.26. The Morgan fingerprint density at radius 1 is 1.16 bits per heavy atom. The summed E-state index contributed by atoms with van der Waals surface area (Å²) < 4.78 is 1.31. The lowest BCUT2D eigenvalue weighted by molar-refractivity contribution is -0.119. The maximum Gasteiger partial charge on any atom is 0.277 e. The summed E-state index contributed by atoms with van der Waals surface area (Å²) in [6.45, 7) is 5.92. The molecule has 0 spiro atoms. The van der Waals surface area contributed by atoms with E-state index in [4.69, 9.17) is 0 Å². The molecule has 2 heterocycles. The molecule has 0 radical (unpaired) electrons. The highest BCUT2D eigenvalue weighted by molar-refractivity contribution is 7.14. The molecule has 2 amide bonds. The topological polar surface area (TPSA) is 106 Å². The van der Waals surface area contributed by atoms with Crippen LogP contribution in [-0.2, 0) is 11.3 Å². The molecule has 1 unspecified atom stereocenters. The van der Waals surface area contributed by atoms with Crippen molar-refractivity contribution in [3.05, 3.63) is 63.4 Å². The minimum atomic E-state index is -0.411. The van der Waals surface area contributed by atoms with E-state index in [0.717, 1.165) is 29.7 Å². The fourth-order valence-electron chi connectivity index (χ4n) is 2.99. The van der Waals surface area contributed by atoms with E-state index >= 15 is 0 Å². The number of aromatic nitrogens is 3. The summed E-state index contributed by atoms with van der Waals surface area (Å²) in [5.74, 6) is -0.489. The summed E-state index contributed by atoms with van der Waals surface area (Å²) in [6, 6.07) is 10.4. The van der Waals surface area contributed by atoms with E-state index in [0.29, 0.717) is 11.7 Å². The van der Waals surface area contributed by atoms with E-state index in [1.54, 1.807) is 0 Å². The quantitative estimate of drug-likeness (QED) is 0.558. The molecule has 2 aromatic heterocycles. The number of hydrogen-bond acceptors (Lipinski definition) is 6. The number of anilines is 1. The minimum absolute atomic E-state index is 0.0771. The SMILES string of the molecule is CCCCn1nc(C(=O)Nc2nc(-c3ccc(C(C)NC(C)=O)cc3)cs2)ccc1=O. The van der Waals surface area contributed by atoms with E-state index in [1.807, 2.05) is 43.5 Å². The first-order valence-corrected chi connectivity index (χ1v) is 11.0. The Morgan fingerprint density at radius 3 is 2.58 bits per heavy atom. The van der Waals surface area contributed by atoms with Gasteiger partial charge in [0.25, 0.3) is 11.5 Å². The fourth-order valence-corrected chi connectivity index (χ4v) is 3.71. The van der Waals surface area contributed by atoms with Gasteiger partial charge in [-0.1, -0.05) is 37.6 Å². The van der Waals surface area contributed by atoms with Crippen LogP contribution in [0.25, 0.3) is 11.3 Å². The smallest absolute Gasteiger partial charge is 0.277 e. The molecule has 31 heavy (non-hydrogen) atoms. The number of carbonyl (C=O) groups is 2. The average Bonchev–Trinajstić information content (AvgIpc) is 3.21. The molecule has 8 nitrogen and oxygen atoms in total. The number of nitrogens with one attached hydrogen (secondary N) is 2. The van der Waals surface area contributed by atoms with Crippen LogP contribution in [0, 0.1) is 0 Å². The summed E-state index contributed by atoms with van der Waals surface area (Å²) in [5.41, 5.74) is 2.58. The Kier molecular flexibility index (Phi) is 7.30. The van der Waals surface area contributed by atoms with Crippen molar-refractivity contribution in [2.45, 2.75) is 46.2 Å². The Morgan fingerprint density at radius 2 is 1.90 bits per heavy atom. The number of benzene rings is 1. The molecule has 9 heteroatoms. The van der Waals surface area contributed by atoms with Crippen LogP contribution in [0.4, 0.5) is 5.13 Å². The number of amides is 2. The molecule has 0 aliphatic carbocycles. The summed E-state index contributed by atoms with van der Waals surface area (Å²) in [4.78, 5) is 40.1. The van der Waals surface area contributed by atoms with Gasteiger partial charge in [-0.2, -0.15) is 5.10 Å². The number of aryl methyl sites for hydroxylation is 1. The molecule has 0 aliphatic heterocycles. The number of rotatable bonds is 8. The average molecular weight is 440 g/mol. The molecule has 1 atom stereocenters. The highest BCUT2D eigenvalue weighted by Crippen LogP contribution is 2.26. The van der Waals surface area contributed by atoms with Crippen LogP contribution in [0.3, 0.4) is 0 Å². The minimum Gasteiger partial charge on any atom is -0.350 e. The Balaban J connectivity index is 1.69. The number of nitrogens with zero attached hydrogens (tertiary/aromatic N) is 3. The Hall–Kier alpha value is -3.33. The standard InChI is InChI=1S/C22H25N5O3S/c1-4-5-12-27-20(29)11-10-18(26-27)21(30)25-22-24-19(13-31-22)17-8-6-16(7-9-17)14(2)23-15(3)28/h6-11,13-14H,4-5,12H2,1-3H3,(H,23,28)(H,24,25,30). The predicted molar refractivity (Wildman–Crippen MR) is 121 cm³/mol. The summed E-state index contributed by atoms with van der Waals surface area (Å²) in [7, 11) is 0. The fraction of sp³-hybridized carbons (Fsp3) is 0.318. The number of carbonyl (C=O) groups excluding carboxylic acids is 2. The van der Waals surface area contributed by atoms with Gasteiger partial charge in [0, 0.05) is 30.5 Å². The molecule has 2 N–H and O–H groups in total. The molecule has 0 aliphatic rings. The highest BCUT2D eigenvalue weighted by Gasteiger charge is 2.13. The Labute approximate surface area is 184 Å². The zero-order chi connectivity index (χ0) is 22.4. The second-order valence-electron chi connectivity index (χ2n) is 7.17. The molecular formula is C22H25N5O3S. The van der Waals surface area contributed by atoms with Gasteiger partial charge in [0.15, 0.2) is 5.13 Å². The van der Waals surface area contributed by atoms with Crippen LogP contribution in [0.5, 0.6) is 0 Å². The third kappa shape index (κ3) is 5.85. The highest BCUT2D eigenvalue weighted by atomic mass is 32.1. The van der Waals surface area contributed by atoms with E-state index in [9.17, 15) is 14.4 Å². The molecular weight excluding hydrogens is 414 g/mol. The zero-order valence-corrected chi connectivity index (χ0v) is 18.5. The van der Waals surface area contributed by atoms with Gasteiger partial charge in [-0.05, 0) is 25.0 Å². The van der Waals surface area contributed by atoms with Gasteiger partial charge in [-0.25, -0.2) is 9.67 Å². The summed E-state index contributed by atoms with van der Waals surface area (Å²) >= 11 is 1.31. The number of hydrogen-bond donors (Lipinski definition) is 2. The van der Waals surface area contributed by atoms with Gasteiger partial charge in [0.05, 0.1) is 11.7 Å². The lowest BCUT2D eigenvalue weighted by atomic mass is 10.1. The second kappa shape index (κ2) is 10.1. The van der Waals surface area contributed by atoms with Crippen molar-refractivity contribution in [3.63, 3.8) is 0 Å². The van der Waals surface area contributed by atoms with Gasteiger partial charge >= 0.3 is 0 Å². The van der Waals surface area contributed by atoms with Crippen molar-refractivity contribution in [1.29, 1.82) is 0 Å². The molecule has 3 aromatic rings. The molecule has 0 bridgehead atoms.